The maximum atomic E-state index is 12.8. The minimum absolute atomic E-state index is 0.287. The zero-order chi connectivity index (χ0) is 22.2. The fraction of sp³-hybridized carbons (Fsp3) is 0.208. The average molecular weight is 415 g/mol. The third kappa shape index (κ3) is 5.82. The molecule has 0 fully saturated rings. The molecule has 1 atom stereocenters. The summed E-state index contributed by atoms with van der Waals surface area (Å²) in [4.78, 5) is 36.5. The van der Waals surface area contributed by atoms with Gasteiger partial charge in [0.25, 0.3) is 0 Å². The van der Waals surface area contributed by atoms with Crippen LogP contribution in [0.5, 0.6) is 0 Å². The van der Waals surface area contributed by atoms with Crippen molar-refractivity contribution in [2.45, 2.75) is 26.3 Å². The van der Waals surface area contributed by atoms with E-state index in [4.69, 9.17) is 0 Å². The molecule has 7 heteroatoms. The van der Waals surface area contributed by atoms with Crippen LogP contribution in [0.15, 0.2) is 65.9 Å². The van der Waals surface area contributed by atoms with E-state index in [9.17, 15) is 9.59 Å². The number of aryl methyl sites for hydroxylation is 1. The highest BCUT2D eigenvalue weighted by atomic mass is 16.2. The molecular weight excluding hydrogens is 390 g/mol. The zero-order valence-electron chi connectivity index (χ0n) is 17.8. The molecule has 3 aromatic rings. The molecule has 2 N–H and O–H groups in total. The zero-order valence-corrected chi connectivity index (χ0v) is 17.8. The van der Waals surface area contributed by atoms with Crippen LogP contribution in [0.4, 0.5) is 5.69 Å². The quantitative estimate of drug-likeness (QED) is 0.436. The van der Waals surface area contributed by atoms with Gasteiger partial charge in [0.15, 0.2) is 0 Å². The van der Waals surface area contributed by atoms with Crippen LogP contribution < -0.4 is 10.6 Å². The number of aromatic nitrogens is 2. The van der Waals surface area contributed by atoms with Crippen LogP contribution in [-0.4, -0.2) is 41.1 Å². The number of anilines is 1. The average Bonchev–Trinajstić information content (AvgIpc) is 2.79. The molecule has 2 aromatic carbocycles. The number of aliphatic imine (C=N–C) groups is 1. The van der Waals surface area contributed by atoms with Crippen molar-refractivity contribution in [3.05, 3.63) is 77.9 Å². The van der Waals surface area contributed by atoms with Gasteiger partial charge in [0.1, 0.15) is 11.9 Å². The van der Waals surface area contributed by atoms with E-state index >= 15 is 0 Å². The first kappa shape index (κ1) is 21.8. The number of amides is 2. The van der Waals surface area contributed by atoms with E-state index in [1.807, 2.05) is 62.4 Å². The molecule has 0 radical (unpaired) electrons. The van der Waals surface area contributed by atoms with Crippen molar-refractivity contribution in [1.82, 2.24) is 15.3 Å². The summed E-state index contributed by atoms with van der Waals surface area (Å²) in [5, 5.41) is 5.48. The first-order chi connectivity index (χ1) is 15.0. The van der Waals surface area contributed by atoms with E-state index in [-0.39, 0.29) is 5.91 Å². The Morgan fingerprint density at radius 1 is 1.10 bits per heavy atom. The molecule has 0 spiro atoms. The highest BCUT2D eigenvalue weighted by Crippen LogP contribution is 2.20. The number of rotatable bonds is 8. The first-order valence-corrected chi connectivity index (χ1v) is 9.92. The van der Waals surface area contributed by atoms with Crippen LogP contribution in [0.3, 0.4) is 0 Å². The highest BCUT2D eigenvalue weighted by molar-refractivity contribution is 6.00. The molecule has 3 rings (SSSR count). The molecule has 2 amide bonds. The van der Waals surface area contributed by atoms with Gasteiger partial charge in [-0.05, 0) is 42.7 Å². The van der Waals surface area contributed by atoms with Gasteiger partial charge >= 0.3 is 0 Å². The lowest BCUT2D eigenvalue weighted by molar-refractivity contribution is -0.121. The van der Waals surface area contributed by atoms with Gasteiger partial charge in [-0.2, -0.15) is 0 Å². The summed E-state index contributed by atoms with van der Waals surface area (Å²) in [5.41, 5.74) is 5.31. The van der Waals surface area contributed by atoms with Gasteiger partial charge in [0.2, 0.25) is 12.3 Å². The van der Waals surface area contributed by atoms with Gasteiger partial charge < -0.3 is 10.6 Å². The summed E-state index contributed by atoms with van der Waals surface area (Å²) < 4.78 is 0. The molecule has 1 aromatic heterocycles. The summed E-state index contributed by atoms with van der Waals surface area (Å²) in [5.74, 6) is 0.418. The number of hydrogen-bond donors (Lipinski definition) is 2. The molecule has 1 heterocycles. The van der Waals surface area contributed by atoms with Crippen molar-refractivity contribution in [1.29, 1.82) is 0 Å². The second kappa shape index (κ2) is 10.2. The minimum Gasteiger partial charge on any atom is -0.347 e. The highest BCUT2D eigenvalue weighted by Gasteiger charge is 2.19. The van der Waals surface area contributed by atoms with Gasteiger partial charge in [-0.3, -0.25) is 14.6 Å². The fourth-order valence-electron chi connectivity index (χ4n) is 3.12. The van der Waals surface area contributed by atoms with Crippen molar-refractivity contribution >= 4 is 23.7 Å². The standard InChI is InChI=1S/C24H25N5O2/c1-16(25-3)19-7-9-22(10-8-19)29-24(31)23(28-15-30)12-18-5-4-6-20(11-18)21-13-26-17(2)27-14-21/h4-11,13-15,23H,12H2,1-3H3,(H,28,30)(H,29,31)/t23-/m0/s1. The molecular formula is C24H25N5O2. The minimum atomic E-state index is -0.708. The largest absolute Gasteiger partial charge is 0.347 e. The molecule has 0 saturated carbocycles. The van der Waals surface area contributed by atoms with Crippen LogP contribution in [-0.2, 0) is 16.0 Å². The Bertz CT molecular complexity index is 1080. The third-order valence-corrected chi connectivity index (χ3v) is 4.97. The van der Waals surface area contributed by atoms with Crippen LogP contribution in [0.25, 0.3) is 11.1 Å². The summed E-state index contributed by atoms with van der Waals surface area (Å²) in [7, 11) is 1.74. The topological polar surface area (TPSA) is 96.3 Å². The number of carbonyl (C=O) groups excluding carboxylic acids is 2. The second-order valence-corrected chi connectivity index (χ2v) is 7.14. The molecule has 0 bridgehead atoms. The smallest absolute Gasteiger partial charge is 0.247 e. The molecule has 158 valence electrons. The van der Waals surface area contributed by atoms with Gasteiger partial charge in [-0.25, -0.2) is 9.97 Å². The van der Waals surface area contributed by atoms with Gasteiger partial charge in [0.05, 0.1) is 0 Å². The third-order valence-electron chi connectivity index (χ3n) is 4.97. The lowest BCUT2D eigenvalue weighted by Gasteiger charge is -2.17. The maximum absolute atomic E-state index is 12.8. The second-order valence-electron chi connectivity index (χ2n) is 7.14. The fourth-order valence-corrected chi connectivity index (χ4v) is 3.12. The Balaban J connectivity index is 1.73. The van der Waals surface area contributed by atoms with Crippen LogP contribution >= 0.6 is 0 Å². The first-order valence-electron chi connectivity index (χ1n) is 9.92. The number of carbonyl (C=O) groups is 2. The summed E-state index contributed by atoms with van der Waals surface area (Å²) in [6.07, 6.45) is 4.44. The van der Waals surface area contributed by atoms with Crippen molar-refractivity contribution in [3.63, 3.8) is 0 Å². The maximum Gasteiger partial charge on any atom is 0.247 e. The van der Waals surface area contributed by atoms with Gasteiger partial charge in [-0.1, -0.05) is 36.4 Å². The predicted molar refractivity (Wildman–Crippen MR) is 122 cm³/mol. The summed E-state index contributed by atoms with van der Waals surface area (Å²) >= 11 is 0. The Morgan fingerprint density at radius 3 is 2.45 bits per heavy atom. The van der Waals surface area contributed by atoms with Crippen molar-refractivity contribution < 1.29 is 9.59 Å². The number of nitrogens with zero attached hydrogens (tertiary/aromatic N) is 3. The SMILES string of the molecule is CN=C(C)c1ccc(NC(=O)[C@H](Cc2cccc(-c3cnc(C)nc3)c2)NC=O)cc1. The van der Waals surface area contributed by atoms with E-state index in [1.165, 1.54) is 0 Å². The van der Waals surface area contributed by atoms with E-state index in [0.29, 0.717) is 24.3 Å². The molecule has 0 aliphatic carbocycles. The van der Waals surface area contributed by atoms with Crippen molar-refractivity contribution in [2.75, 3.05) is 12.4 Å². The van der Waals surface area contributed by atoms with Crippen LogP contribution in [0, 0.1) is 6.92 Å². The molecule has 0 saturated heterocycles. The Kier molecular flexibility index (Phi) is 7.22. The Hall–Kier alpha value is -3.87. The van der Waals surface area contributed by atoms with E-state index in [2.05, 4.69) is 25.6 Å². The monoisotopic (exact) mass is 415 g/mol. The summed E-state index contributed by atoms with van der Waals surface area (Å²) in [6.45, 7) is 3.76. The Labute approximate surface area is 181 Å². The Morgan fingerprint density at radius 2 is 1.81 bits per heavy atom. The lowest BCUT2D eigenvalue weighted by Crippen LogP contribution is -2.41. The molecule has 7 nitrogen and oxygen atoms in total. The van der Waals surface area contributed by atoms with E-state index in [0.717, 1.165) is 28.0 Å². The van der Waals surface area contributed by atoms with Crippen molar-refractivity contribution in [3.8, 4) is 11.1 Å². The van der Waals surface area contributed by atoms with Crippen LogP contribution in [0.2, 0.25) is 0 Å². The molecule has 0 aliphatic heterocycles. The lowest BCUT2D eigenvalue weighted by atomic mass is 10.0. The summed E-state index contributed by atoms with van der Waals surface area (Å²) in [6, 6.07) is 14.5. The molecule has 0 aliphatic rings. The molecule has 0 unspecified atom stereocenters. The number of nitrogens with one attached hydrogen (secondary N) is 2. The van der Waals surface area contributed by atoms with Gasteiger partial charge in [-0.15, -0.1) is 0 Å². The van der Waals surface area contributed by atoms with E-state index < -0.39 is 6.04 Å². The normalized spacial score (nSPS) is 12.2. The van der Waals surface area contributed by atoms with Crippen LogP contribution in [0.1, 0.15) is 23.9 Å². The van der Waals surface area contributed by atoms with Gasteiger partial charge in [0, 0.05) is 42.8 Å². The number of hydrogen-bond acceptors (Lipinski definition) is 5. The molecule has 31 heavy (non-hydrogen) atoms. The number of benzene rings is 2. The van der Waals surface area contributed by atoms with Crippen molar-refractivity contribution in [2.24, 2.45) is 4.99 Å². The van der Waals surface area contributed by atoms with E-state index in [1.54, 1.807) is 19.4 Å². The predicted octanol–water partition coefficient (Wildman–Crippen LogP) is 3.19.